The van der Waals surface area contributed by atoms with Crippen LogP contribution in [0.15, 0.2) is 12.3 Å². The molecule has 0 aliphatic rings. The summed E-state index contributed by atoms with van der Waals surface area (Å²) in [6, 6.07) is 0. The third-order valence-electron chi connectivity index (χ3n) is 1.05. The van der Waals surface area contributed by atoms with Gasteiger partial charge in [-0.3, -0.25) is 4.79 Å². The molecule has 1 amide bonds. The van der Waals surface area contributed by atoms with E-state index in [1.54, 1.807) is 13.0 Å². The van der Waals surface area contributed by atoms with Crippen LogP contribution in [0.5, 0.6) is 0 Å². The molecule has 0 aromatic heterocycles. The van der Waals surface area contributed by atoms with E-state index in [0.717, 1.165) is 4.90 Å². The zero-order valence-electron chi connectivity index (χ0n) is 6.74. The highest BCUT2D eigenvalue weighted by Gasteiger charge is 2.19. The lowest BCUT2D eigenvalue weighted by molar-refractivity contribution is -0.126. The Morgan fingerprint density at radius 3 is 2.00 bits per heavy atom. The Bertz CT molecular complexity index is 173. The van der Waals surface area contributed by atoms with Gasteiger partial charge >= 0.3 is 0 Å². The summed E-state index contributed by atoms with van der Waals surface area (Å²) < 4.78 is 0. The van der Waals surface area contributed by atoms with Crippen molar-refractivity contribution < 1.29 is 4.79 Å². The number of hydrogen-bond acceptors (Lipinski definition) is 1. The average molecular weight is 143 g/mol. The summed E-state index contributed by atoms with van der Waals surface area (Å²) >= 11 is 0. The highest BCUT2D eigenvalue weighted by atomic mass is 16.2. The molecule has 0 atom stereocenters. The van der Waals surface area contributed by atoms with Gasteiger partial charge in [-0.1, -0.05) is 11.3 Å². The molecule has 0 aromatic carbocycles. The van der Waals surface area contributed by atoms with Crippen molar-refractivity contribution in [2.24, 2.45) is 0 Å². The normalized spacial score (nSPS) is 11.8. The van der Waals surface area contributed by atoms with Crippen molar-refractivity contribution in [3.63, 3.8) is 0 Å². The zero-order chi connectivity index (χ0) is 9.07. The van der Waals surface area contributed by atoms with Crippen LogP contribution in [-0.4, -0.2) is 39.6 Å². The third-order valence-corrected chi connectivity index (χ3v) is 1.05. The van der Waals surface area contributed by atoms with Crippen LogP contribution in [-0.2, 0) is 4.79 Å². The fraction of sp³-hybridized carbons (Fsp3) is 0.500. The van der Waals surface area contributed by atoms with Gasteiger partial charge in [0.1, 0.15) is 0 Å². The van der Waals surface area contributed by atoms with E-state index in [-0.39, 0.29) is 5.91 Å². The van der Waals surface area contributed by atoms with E-state index < -0.39 is 5.24 Å². The maximum atomic E-state index is 10.8. The molecule has 52 valence electrons. The quantitative estimate of drug-likeness (QED) is 0.476. The lowest BCUT2D eigenvalue weighted by Gasteiger charge is -2.33. The monoisotopic (exact) mass is 143 g/mol. The van der Waals surface area contributed by atoms with Gasteiger partial charge in [-0.05, 0) is 6.92 Å². The van der Waals surface area contributed by atoms with Crippen LogP contribution in [0.2, 0.25) is 0 Å². The predicted octanol–water partition coefficient (Wildman–Crippen LogP) is -0.515. The van der Waals surface area contributed by atoms with Crippen molar-refractivity contribution in [1.29, 1.82) is 0 Å². The summed E-state index contributed by atoms with van der Waals surface area (Å²) in [5.74, 6) is -0.296. The van der Waals surface area contributed by atoms with Gasteiger partial charge in [-0.25, -0.2) is 0 Å². The van der Waals surface area contributed by atoms with Crippen LogP contribution < -0.4 is 0 Å². The Morgan fingerprint density at radius 2 is 1.91 bits per heavy atom. The van der Waals surface area contributed by atoms with Crippen LogP contribution in [0.4, 0.5) is 0 Å². The number of amides is 1. The largest absolute Gasteiger partial charge is 0.339 e. The Balaban J connectivity index is 4.48. The fourth-order valence-corrected chi connectivity index (χ4v) is 0.656. The van der Waals surface area contributed by atoms with Crippen LogP contribution in [0, 0.1) is 0 Å². The molecular weight excluding hydrogens is 135 g/mol. The Hall–Kier alpha value is -0.595. The number of carbonyl (C=O) groups excluding carboxylic acids is 1. The first-order valence-electron chi connectivity index (χ1n) is 3.19. The summed E-state index contributed by atoms with van der Waals surface area (Å²) in [6.45, 7) is 3.07. The number of nitrogens with zero attached hydrogens (tertiary/aromatic N) is 1. The van der Waals surface area contributed by atoms with Crippen LogP contribution >= 0.6 is 0 Å². The Labute approximate surface area is 71.3 Å². The molecular formula is C6H8B3NO. The van der Waals surface area contributed by atoms with E-state index in [9.17, 15) is 4.79 Å². The number of hydrogen-bond donors (Lipinski definition) is 0. The van der Waals surface area contributed by atoms with Crippen molar-refractivity contribution in [2.75, 3.05) is 0 Å². The van der Waals surface area contributed by atoms with Gasteiger partial charge in [0.2, 0.25) is 5.91 Å². The summed E-state index contributed by atoms with van der Waals surface area (Å²) in [6.07, 6.45) is 3.06. The third kappa shape index (κ3) is 3.35. The van der Waals surface area contributed by atoms with Gasteiger partial charge in [0.05, 0.1) is 23.5 Å². The first-order chi connectivity index (χ1) is 4.89. The smallest absolute Gasteiger partial charge is 0.221 e. The lowest BCUT2D eigenvalue weighted by Crippen LogP contribution is -2.49. The minimum atomic E-state index is -1.61. The van der Waals surface area contributed by atoms with Gasteiger partial charge in [0, 0.05) is 13.1 Å². The number of carbonyl (C=O) groups is 1. The molecule has 0 N–H and O–H groups in total. The molecule has 0 aliphatic heterocycles. The molecule has 0 spiro atoms. The van der Waals surface area contributed by atoms with Crippen molar-refractivity contribution in [3.8, 4) is 0 Å². The highest BCUT2D eigenvalue weighted by molar-refractivity contribution is 6.59. The van der Waals surface area contributed by atoms with Crippen molar-refractivity contribution in [2.45, 2.75) is 19.1 Å². The van der Waals surface area contributed by atoms with Gasteiger partial charge in [-0.15, -0.1) is 0 Å². The van der Waals surface area contributed by atoms with Crippen molar-refractivity contribution in [3.05, 3.63) is 12.3 Å². The molecule has 6 radical (unpaired) electrons. The second-order valence-corrected chi connectivity index (χ2v) is 2.26. The van der Waals surface area contributed by atoms with Gasteiger partial charge < -0.3 is 4.90 Å². The molecule has 0 aromatic rings. The summed E-state index contributed by atoms with van der Waals surface area (Å²) in [7, 11) is 15.8. The molecule has 5 heteroatoms. The molecule has 11 heavy (non-hydrogen) atoms. The topological polar surface area (TPSA) is 20.3 Å². The molecule has 0 aliphatic carbocycles. The molecule has 0 bridgehead atoms. The second-order valence-electron chi connectivity index (χ2n) is 2.26. The SMILES string of the molecule is [B]C([B])([B])N(/C=C\C)C(C)=O. The van der Waals surface area contributed by atoms with Gasteiger partial charge in [0.25, 0.3) is 0 Å². The zero-order valence-corrected chi connectivity index (χ0v) is 6.74. The highest BCUT2D eigenvalue weighted by Crippen LogP contribution is 2.03. The first kappa shape index (κ1) is 10.4. The minimum Gasteiger partial charge on any atom is -0.339 e. The van der Waals surface area contributed by atoms with E-state index in [4.69, 9.17) is 23.5 Å². The van der Waals surface area contributed by atoms with E-state index in [0.29, 0.717) is 0 Å². The van der Waals surface area contributed by atoms with E-state index in [2.05, 4.69) is 0 Å². The maximum Gasteiger partial charge on any atom is 0.221 e. The van der Waals surface area contributed by atoms with Crippen molar-refractivity contribution >= 4 is 29.4 Å². The molecule has 0 fully saturated rings. The first-order valence-corrected chi connectivity index (χ1v) is 3.19. The fourth-order valence-electron chi connectivity index (χ4n) is 0.656. The average Bonchev–Trinajstić information content (AvgIpc) is 1.79. The Kier molecular flexibility index (Phi) is 3.50. The second kappa shape index (κ2) is 3.70. The minimum absolute atomic E-state index is 0.296. The van der Waals surface area contributed by atoms with Crippen LogP contribution in [0.3, 0.4) is 0 Å². The van der Waals surface area contributed by atoms with Crippen molar-refractivity contribution in [1.82, 2.24) is 4.90 Å². The van der Waals surface area contributed by atoms with E-state index >= 15 is 0 Å². The summed E-state index contributed by atoms with van der Waals surface area (Å²) in [4.78, 5) is 11.9. The molecule has 0 heterocycles. The molecule has 0 saturated carbocycles. The van der Waals surface area contributed by atoms with Crippen LogP contribution in [0.1, 0.15) is 13.8 Å². The lowest BCUT2D eigenvalue weighted by atomic mass is 9.48. The van der Waals surface area contributed by atoms with Gasteiger partial charge in [0.15, 0.2) is 0 Å². The summed E-state index contributed by atoms with van der Waals surface area (Å²) in [5.41, 5.74) is 0. The van der Waals surface area contributed by atoms with E-state index in [1.807, 2.05) is 0 Å². The predicted molar refractivity (Wildman–Crippen MR) is 47.3 cm³/mol. The number of allylic oxidation sites excluding steroid dienone is 1. The molecule has 2 nitrogen and oxygen atoms in total. The van der Waals surface area contributed by atoms with Gasteiger partial charge in [-0.2, -0.15) is 0 Å². The molecule has 0 rings (SSSR count). The van der Waals surface area contributed by atoms with Crippen LogP contribution in [0.25, 0.3) is 0 Å². The molecule has 0 unspecified atom stereocenters. The number of rotatable bonds is 2. The standard InChI is InChI=1S/C6H8B3NO/c1-3-4-10(5(2)11)6(7,8)9/h3-4H,1-2H3/b4-3-. The Morgan fingerprint density at radius 1 is 1.45 bits per heavy atom. The summed E-state index contributed by atoms with van der Waals surface area (Å²) in [5, 5.41) is -1.61. The molecule has 0 saturated heterocycles. The maximum absolute atomic E-state index is 10.8. The van der Waals surface area contributed by atoms with E-state index in [1.165, 1.54) is 13.1 Å².